The summed E-state index contributed by atoms with van der Waals surface area (Å²) in [6, 6.07) is 0.573. The van der Waals surface area contributed by atoms with Crippen molar-refractivity contribution in [2.24, 2.45) is 11.3 Å². The fourth-order valence-electron chi connectivity index (χ4n) is 2.83. The van der Waals surface area contributed by atoms with Crippen LogP contribution in [0.1, 0.15) is 40.0 Å². The monoisotopic (exact) mass is 286 g/mol. The second kappa shape index (κ2) is 5.62. The van der Waals surface area contributed by atoms with Crippen LogP contribution < -0.4 is 4.90 Å². The summed E-state index contributed by atoms with van der Waals surface area (Å²) in [6.45, 7) is 7.84. The lowest BCUT2D eigenvalue weighted by molar-refractivity contribution is 0.220. The van der Waals surface area contributed by atoms with Crippen LogP contribution in [-0.4, -0.2) is 18.1 Å². The third-order valence-electron chi connectivity index (χ3n) is 4.12. The molecule has 0 saturated carbocycles. The van der Waals surface area contributed by atoms with Gasteiger partial charge in [-0.25, -0.2) is 8.78 Å². The Morgan fingerprint density at radius 1 is 1.10 bits per heavy atom. The molecule has 1 saturated heterocycles. The van der Waals surface area contributed by atoms with Gasteiger partial charge >= 0.3 is 0 Å². The zero-order valence-corrected chi connectivity index (χ0v) is 12.2. The van der Waals surface area contributed by atoms with Crippen molar-refractivity contribution < 1.29 is 13.2 Å². The Balaban J connectivity index is 2.17. The van der Waals surface area contributed by atoms with Gasteiger partial charge in [-0.05, 0) is 30.6 Å². The number of aromatic nitrogens is 1. The van der Waals surface area contributed by atoms with Crippen LogP contribution in [-0.2, 0) is 0 Å². The van der Waals surface area contributed by atoms with E-state index in [0.29, 0.717) is 25.1 Å². The number of nitrogens with zero attached hydrogens (tertiary/aromatic N) is 2. The van der Waals surface area contributed by atoms with Gasteiger partial charge in [0, 0.05) is 19.2 Å². The molecule has 1 aliphatic heterocycles. The summed E-state index contributed by atoms with van der Waals surface area (Å²) < 4.78 is 39.9. The number of hydrogen-bond acceptors (Lipinski definition) is 2. The lowest BCUT2D eigenvalue weighted by atomic mass is 9.77. The van der Waals surface area contributed by atoms with Gasteiger partial charge in [-0.1, -0.05) is 20.8 Å². The number of rotatable bonds is 1. The van der Waals surface area contributed by atoms with E-state index in [1.54, 1.807) is 4.90 Å². The summed E-state index contributed by atoms with van der Waals surface area (Å²) in [5.74, 6) is -2.80. The maximum Gasteiger partial charge on any atom is 0.251 e. The lowest BCUT2D eigenvalue weighted by Crippen LogP contribution is -2.28. The van der Waals surface area contributed by atoms with Crippen molar-refractivity contribution in [1.29, 1.82) is 0 Å². The third-order valence-corrected chi connectivity index (χ3v) is 4.12. The molecule has 0 aromatic carbocycles. The Bertz CT molecular complexity index is 483. The van der Waals surface area contributed by atoms with Gasteiger partial charge < -0.3 is 4.90 Å². The van der Waals surface area contributed by atoms with E-state index in [1.807, 2.05) is 0 Å². The van der Waals surface area contributed by atoms with Gasteiger partial charge in [0.1, 0.15) is 0 Å². The van der Waals surface area contributed by atoms with Crippen LogP contribution in [0.3, 0.4) is 0 Å². The molecule has 2 heterocycles. The van der Waals surface area contributed by atoms with Crippen LogP contribution in [0.25, 0.3) is 0 Å². The maximum atomic E-state index is 13.8. The van der Waals surface area contributed by atoms with Gasteiger partial charge in [-0.2, -0.15) is 9.37 Å². The fourth-order valence-corrected chi connectivity index (χ4v) is 2.83. The quantitative estimate of drug-likeness (QED) is 0.721. The van der Waals surface area contributed by atoms with Gasteiger partial charge in [0.15, 0.2) is 17.5 Å². The largest absolute Gasteiger partial charge is 0.354 e. The minimum atomic E-state index is -1.24. The molecule has 1 fully saturated rings. The van der Waals surface area contributed by atoms with Crippen molar-refractivity contribution in [3.05, 3.63) is 23.6 Å². The molecule has 0 radical (unpaired) electrons. The normalized spacial score (nSPS) is 20.9. The average Bonchev–Trinajstić information content (AvgIpc) is 2.59. The van der Waals surface area contributed by atoms with Gasteiger partial charge in [0.05, 0.1) is 0 Å². The summed E-state index contributed by atoms with van der Waals surface area (Å²) in [5, 5.41) is 0. The number of pyridine rings is 1. The molecular formula is C15H21F3N2. The highest BCUT2D eigenvalue weighted by atomic mass is 19.2. The molecule has 0 N–H and O–H groups in total. The van der Waals surface area contributed by atoms with E-state index >= 15 is 0 Å². The molecule has 0 bridgehead atoms. The van der Waals surface area contributed by atoms with Crippen LogP contribution in [0.4, 0.5) is 19.0 Å². The van der Waals surface area contributed by atoms with E-state index in [9.17, 15) is 13.2 Å². The van der Waals surface area contributed by atoms with Crippen LogP contribution in [0, 0.1) is 28.9 Å². The summed E-state index contributed by atoms with van der Waals surface area (Å²) >= 11 is 0. The molecule has 1 aromatic rings. The van der Waals surface area contributed by atoms with Crippen molar-refractivity contribution in [2.45, 2.75) is 40.0 Å². The standard InChI is InChI=1S/C15H21F3N2/c1-15(2,3)10-5-4-7-20(8-6-10)14-12(17)9-11(16)13(18)19-14/h9-10H,4-8H2,1-3H3. The van der Waals surface area contributed by atoms with E-state index in [4.69, 9.17) is 0 Å². The fraction of sp³-hybridized carbons (Fsp3) is 0.667. The van der Waals surface area contributed by atoms with Crippen molar-refractivity contribution in [3.8, 4) is 0 Å². The molecule has 20 heavy (non-hydrogen) atoms. The van der Waals surface area contributed by atoms with Crippen molar-refractivity contribution >= 4 is 5.82 Å². The van der Waals surface area contributed by atoms with Gasteiger partial charge in [-0.15, -0.1) is 0 Å². The van der Waals surface area contributed by atoms with E-state index in [0.717, 1.165) is 19.3 Å². The second-order valence-electron chi connectivity index (χ2n) is 6.55. The molecular weight excluding hydrogens is 265 g/mol. The van der Waals surface area contributed by atoms with E-state index in [2.05, 4.69) is 25.8 Å². The lowest BCUT2D eigenvalue weighted by Gasteiger charge is -2.30. The minimum absolute atomic E-state index is 0.0709. The Hall–Kier alpha value is -1.26. The molecule has 2 rings (SSSR count). The van der Waals surface area contributed by atoms with E-state index < -0.39 is 17.6 Å². The Kier molecular flexibility index (Phi) is 4.25. The molecule has 1 aromatic heterocycles. The first-order chi connectivity index (χ1) is 9.29. The van der Waals surface area contributed by atoms with Crippen LogP contribution in [0.15, 0.2) is 6.07 Å². The molecule has 0 aliphatic carbocycles. The summed E-state index contributed by atoms with van der Waals surface area (Å²) in [5.41, 5.74) is 0.204. The molecule has 0 spiro atoms. The van der Waals surface area contributed by atoms with Crippen molar-refractivity contribution in [3.63, 3.8) is 0 Å². The maximum absolute atomic E-state index is 13.8. The molecule has 0 amide bonds. The first-order valence-corrected chi connectivity index (χ1v) is 7.05. The van der Waals surface area contributed by atoms with Gasteiger partial charge in [0.25, 0.3) is 5.95 Å². The van der Waals surface area contributed by atoms with Crippen LogP contribution in [0.2, 0.25) is 0 Å². The topological polar surface area (TPSA) is 16.1 Å². The Labute approximate surface area is 118 Å². The first kappa shape index (κ1) is 15.1. The van der Waals surface area contributed by atoms with E-state index in [-0.39, 0.29) is 11.2 Å². The predicted octanol–water partition coefficient (Wildman–Crippen LogP) is 4.15. The smallest absolute Gasteiger partial charge is 0.251 e. The highest BCUT2D eigenvalue weighted by molar-refractivity contribution is 5.40. The van der Waals surface area contributed by atoms with E-state index in [1.165, 1.54) is 0 Å². The molecule has 1 atom stereocenters. The number of anilines is 1. The number of hydrogen-bond donors (Lipinski definition) is 0. The highest BCUT2D eigenvalue weighted by Crippen LogP contribution is 2.35. The molecule has 112 valence electrons. The first-order valence-electron chi connectivity index (χ1n) is 7.05. The minimum Gasteiger partial charge on any atom is -0.354 e. The van der Waals surface area contributed by atoms with Crippen molar-refractivity contribution in [1.82, 2.24) is 4.98 Å². The number of halogens is 3. The highest BCUT2D eigenvalue weighted by Gasteiger charge is 2.28. The third kappa shape index (κ3) is 3.25. The van der Waals surface area contributed by atoms with Gasteiger partial charge in [-0.3, -0.25) is 0 Å². The van der Waals surface area contributed by atoms with Crippen molar-refractivity contribution in [2.75, 3.05) is 18.0 Å². The predicted molar refractivity (Wildman–Crippen MR) is 73.1 cm³/mol. The molecule has 5 heteroatoms. The molecule has 1 unspecified atom stereocenters. The Morgan fingerprint density at radius 2 is 1.80 bits per heavy atom. The van der Waals surface area contributed by atoms with Crippen LogP contribution >= 0.6 is 0 Å². The average molecular weight is 286 g/mol. The summed E-state index contributed by atoms with van der Waals surface area (Å²) in [4.78, 5) is 5.16. The summed E-state index contributed by atoms with van der Waals surface area (Å²) in [6.07, 6.45) is 2.87. The molecule has 1 aliphatic rings. The van der Waals surface area contributed by atoms with Gasteiger partial charge in [0.2, 0.25) is 0 Å². The Morgan fingerprint density at radius 3 is 2.45 bits per heavy atom. The van der Waals surface area contributed by atoms with Crippen LogP contribution in [0.5, 0.6) is 0 Å². The second-order valence-corrected chi connectivity index (χ2v) is 6.55. The zero-order valence-electron chi connectivity index (χ0n) is 12.2. The molecule has 2 nitrogen and oxygen atoms in total. The summed E-state index contributed by atoms with van der Waals surface area (Å²) in [7, 11) is 0. The zero-order chi connectivity index (χ0) is 14.9. The SMILES string of the molecule is CC(C)(C)C1CCCN(c2nc(F)c(F)cc2F)CC1.